The highest BCUT2D eigenvalue weighted by atomic mass is 15.1. The maximum absolute atomic E-state index is 2.48. The van der Waals surface area contributed by atoms with Crippen LogP contribution < -0.4 is 0 Å². The molecule has 1 heteroatoms. The molecule has 0 spiro atoms. The highest BCUT2D eigenvalue weighted by Crippen LogP contribution is 2.58. The first-order valence-corrected chi connectivity index (χ1v) is 5.55. The third-order valence-corrected chi connectivity index (χ3v) is 3.99. The van der Waals surface area contributed by atoms with Crippen molar-refractivity contribution in [3.05, 3.63) is 35.9 Å². The van der Waals surface area contributed by atoms with Gasteiger partial charge in [-0.25, -0.2) is 0 Å². The van der Waals surface area contributed by atoms with E-state index < -0.39 is 0 Å². The van der Waals surface area contributed by atoms with E-state index in [2.05, 4.69) is 42.3 Å². The standard InChI is InChI=1S/C13H17N/c1-14-8-7-12-9-13(12,10-14)11-5-3-2-4-6-11/h2-6,12H,7-10H2,1H3. The van der Waals surface area contributed by atoms with Gasteiger partial charge in [-0.05, 0) is 37.9 Å². The molecule has 14 heavy (non-hydrogen) atoms. The molecule has 1 aliphatic carbocycles. The topological polar surface area (TPSA) is 3.24 Å². The molecule has 1 aromatic carbocycles. The van der Waals surface area contributed by atoms with Gasteiger partial charge in [-0.1, -0.05) is 30.3 Å². The average Bonchev–Trinajstić information content (AvgIpc) is 2.94. The fourth-order valence-corrected chi connectivity index (χ4v) is 3.10. The Morgan fingerprint density at radius 1 is 1.29 bits per heavy atom. The molecule has 0 N–H and O–H groups in total. The maximum atomic E-state index is 2.48. The molecule has 0 radical (unpaired) electrons. The van der Waals surface area contributed by atoms with Crippen molar-refractivity contribution in [3.8, 4) is 0 Å². The van der Waals surface area contributed by atoms with E-state index in [4.69, 9.17) is 0 Å². The molecule has 74 valence electrons. The van der Waals surface area contributed by atoms with Crippen LogP contribution in [0, 0.1) is 5.92 Å². The molecule has 0 amide bonds. The number of hydrogen-bond acceptors (Lipinski definition) is 1. The highest BCUT2D eigenvalue weighted by molar-refractivity contribution is 5.35. The molecule has 1 heterocycles. The van der Waals surface area contributed by atoms with E-state index in [1.54, 1.807) is 5.56 Å². The second-order valence-corrected chi connectivity index (χ2v) is 4.95. The molecule has 2 unspecified atom stereocenters. The minimum atomic E-state index is 0.536. The third-order valence-electron chi connectivity index (χ3n) is 3.99. The Morgan fingerprint density at radius 2 is 2.07 bits per heavy atom. The molecule has 2 aliphatic rings. The maximum Gasteiger partial charge on any atom is 0.0112 e. The van der Waals surface area contributed by atoms with Crippen molar-refractivity contribution >= 4 is 0 Å². The molecule has 1 saturated carbocycles. The van der Waals surface area contributed by atoms with Gasteiger partial charge in [0.1, 0.15) is 0 Å². The van der Waals surface area contributed by atoms with E-state index in [0.717, 1.165) is 5.92 Å². The van der Waals surface area contributed by atoms with E-state index in [0.29, 0.717) is 5.41 Å². The molecular formula is C13H17N. The monoisotopic (exact) mass is 187 g/mol. The number of fused-ring (bicyclic) bond motifs is 1. The smallest absolute Gasteiger partial charge is 0.0112 e. The van der Waals surface area contributed by atoms with Gasteiger partial charge in [-0.15, -0.1) is 0 Å². The summed E-state index contributed by atoms with van der Waals surface area (Å²) in [5.74, 6) is 0.973. The van der Waals surface area contributed by atoms with Crippen LogP contribution in [-0.4, -0.2) is 25.0 Å². The summed E-state index contributed by atoms with van der Waals surface area (Å²) >= 11 is 0. The molecule has 0 aromatic heterocycles. The van der Waals surface area contributed by atoms with E-state index in [1.165, 1.54) is 25.9 Å². The average molecular weight is 187 g/mol. The normalized spacial score (nSPS) is 36.5. The van der Waals surface area contributed by atoms with Gasteiger partial charge >= 0.3 is 0 Å². The zero-order chi connectivity index (χ0) is 9.60. The van der Waals surface area contributed by atoms with Crippen molar-refractivity contribution in [1.29, 1.82) is 0 Å². The van der Waals surface area contributed by atoms with E-state index in [-0.39, 0.29) is 0 Å². The summed E-state index contributed by atoms with van der Waals surface area (Å²) in [4.78, 5) is 2.48. The zero-order valence-corrected chi connectivity index (χ0v) is 8.74. The second kappa shape index (κ2) is 2.83. The van der Waals surface area contributed by atoms with Gasteiger partial charge in [0.05, 0.1) is 0 Å². The van der Waals surface area contributed by atoms with E-state index >= 15 is 0 Å². The Bertz CT molecular complexity index is 332. The molecule has 3 rings (SSSR count). The van der Waals surface area contributed by atoms with Crippen molar-refractivity contribution in [2.24, 2.45) is 5.92 Å². The lowest BCUT2D eigenvalue weighted by atomic mass is 9.89. The second-order valence-electron chi connectivity index (χ2n) is 4.95. The summed E-state index contributed by atoms with van der Waals surface area (Å²) in [5.41, 5.74) is 2.10. The number of nitrogens with zero attached hydrogens (tertiary/aromatic N) is 1. The van der Waals surface area contributed by atoms with Crippen molar-refractivity contribution in [2.75, 3.05) is 20.1 Å². The number of piperidine rings is 1. The number of likely N-dealkylation sites (tertiary alicyclic amines) is 1. The van der Waals surface area contributed by atoms with Crippen molar-refractivity contribution < 1.29 is 0 Å². The summed E-state index contributed by atoms with van der Waals surface area (Å²) in [6.45, 7) is 2.56. The van der Waals surface area contributed by atoms with Crippen molar-refractivity contribution in [3.63, 3.8) is 0 Å². The molecule has 2 fully saturated rings. The quantitative estimate of drug-likeness (QED) is 0.652. The first-order valence-electron chi connectivity index (χ1n) is 5.55. The van der Waals surface area contributed by atoms with Crippen LogP contribution >= 0.6 is 0 Å². The van der Waals surface area contributed by atoms with Crippen LogP contribution in [0.1, 0.15) is 18.4 Å². The van der Waals surface area contributed by atoms with E-state index in [9.17, 15) is 0 Å². The SMILES string of the molecule is CN1CCC2CC2(c2ccccc2)C1. The Balaban J connectivity index is 1.92. The number of benzene rings is 1. The van der Waals surface area contributed by atoms with Gasteiger partial charge < -0.3 is 4.90 Å². The lowest BCUT2D eigenvalue weighted by Gasteiger charge is -2.30. The van der Waals surface area contributed by atoms with Gasteiger partial charge in [0, 0.05) is 12.0 Å². The van der Waals surface area contributed by atoms with Crippen LogP contribution in [-0.2, 0) is 5.41 Å². The predicted octanol–water partition coefficient (Wildman–Crippen LogP) is 2.28. The van der Waals surface area contributed by atoms with Crippen molar-refractivity contribution in [1.82, 2.24) is 4.90 Å². The molecule has 1 saturated heterocycles. The molecule has 2 atom stereocenters. The van der Waals surface area contributed by atoms with Crippen LogP contribution in [0.2, 0.25) is 0 Å². The minimum absolute atomic E-state index is 0.536. The number of likely N-dealkylation sites (N-methyl/N-ethyl adjacent to an activating group) is 1. The van der Waals surface area contributed by atoms with Crippen LogP contribution in [0.5, 0.6) is 0 Å². The fraction of sp³-hybridized carbons (Fsp3) is 0.538. The first kappa shape index (κ1) is 8.49. The number of hydrogen-bond donors (Lipinski definition) is 0. The highest BCUT2D eigenvalue weighted by Gasteiger charge is 2.56. The zero-order valence-electron chi connectivity index (χ0n) is 8.74. The first-order chi connectivity index (χ1) is 6.81. The Kier molecular flexibility index (Phi) is 1.72. The summed E-state index contributed by atoms with van der Waals surface area (Å²) in [6, 6.07) is 11.1. The van der Waals surface area contributed by atoms with Crippen molar-refractivity contribution in [2.45, 2.75) is 18.3 Å². The summed E-state index contributed by atoms with van der Waals surface area (Å²) in [7, 11) is 2.25. The minimum Gasteiger partial charge on any atom is -0.305 e. The summed E-state index contributed by atoms with van der Waals surface area (Å²) < 4.78 is 0. The Labute approximate surface area is 85.7 Å². The molecule has 1 nitrogen and oxygen atoms in total. The lowest BCUT2D eigenvalue weighted by molar-refractivity contribution is 0.243. The lowest BCUT2D eigenvalue weighted by Crippen LogP contribution is -2.36. The van der Waals surface area contributed by atoms with Gasteiger partial charge in [0.15, 0.2) is 0 Å². The van der Waals surface area contributed by atoms with Crippen LogP contribution in [0.3, 0.4) is 0 Å². The summed E-state index contributed by atoms with van der Waals surface area (Å²) in [6.07, 6.45) is 2.81. The predicted molar refractivity (Wildman–Crippen MR) is 58.3 cm³/mol. The molecule has 0 bridgehead atoms. The van der Waals surface area contributed by atoms with Gasteiger partial charge in [-0.2, -0.15) is 0 Å². The van der Waals surface area contributed by atoms with Gasteiger partial charge in [0.2, 0.25) is 0 Å². The number of rotatable bonds is 1. The largest absolute Gasteiger partial charge is 0.305 e. The van der Waals surface area contributed by atoms with Crippen LogP contribution in [0.25, 0.3) is 0 Å². The van der Waals surface area contributed by atoms with Crippen LogP contribution in [0.15, 0.2) is 30.3 Å². The molecule has 1 aromatic rings. The molecule has 1 aliphatic heterocycles. The van der Waals surface area contributed by atoms with Gasteiger partial charge in [0.25, 0.3) is 0 Å². The fourth-order valence-electron chi connectivity index (χ4n) is 3.10. The summed E-state index contributed by atoms with van der Waals surface area (Å²) in [5, 5.41) is 0. The Hall–Kier alpha value is -0.820. The van der Waals surface area contributed by atoms with Crippen LogP contribution in [0.4, 0.5) is 0 Å². The Morgan fingerprint density at radius 3 is 2.86 bits per heavy atom. The van der Waals surface area contributed by atoms with E-state index in [1.807, 2.05) is 0 Å². The molecular weight excluding hydrogens is 170 g/mol. The van der Waals surface area contributed by atoms with Gasteiger partial charge in [-0.3, -0.25) is 0 Å². The third kappa shape index (κ3) is 1.12.